The minimum atomic E-state index is -0.0999. The lowest BCUT2D eigenvalue weighted by Gasteiger charge is -2.34. The molecule has 1 aliphatic heterocycles. The Hall–Kier alpha value is -2.41. The molecular formula is C16H18N4O2S. The molecule has 0 radical (unpaired) electrons. The van der Waals surface area contributed by atoms with Crippen LogP contribution in [0, 0.1) is 0 Å². The fourth-order valence-electron chi connectivity index (χ4n) is 2.46. The maximum absolute atomic E-state index is 12.3. The predicted octanol–water partition coefficient (Wildman–Crippen LogP) is 1.81. The van der Waals surface area contributed by atoms with Gasteiger partial charge in [0.1, 0.15) is 0 Å². The number of nitrogens with zero attached hydrogens (tertiary/aromatic N) is 3. The normalized spacial score (nSPS) is 14.6. The van der Waals surface area contributed by atoms with Gasteiger partial charge in [-0.1, -0.05) is 12.1 Å². The molecule has 6 nitrogen and oxygen atoms in total. The van der Waals surface area contributed by atoms with Gasteiger partial charge in [0.05, 0.1) is 4.88 Å². The highest BCUT2D eigenvalue weighted by atomic mass is 32.1. The number of carbonyl (C=O) groups excluding carboxylic acids is 2. The molecule has 120 valence electrons. The fourth-order valence-corrected chi connectivity index (χ4v) is 3.15. The number of hydrogen-bond donors (Lipinski definition) is 1. The summed E-state index contributed by atoms with van der Waals surface area (Å²) in [6.07, 6.45) is 3.44. The van der Waals surface area contributed by atoms with Crippen molar-refractivity contribution in [1.82, 2.24) is 20.1 Å². The average molecular weight is 330 g/mol. The van der Waals surface area contributed by atoms with Crippen LogP contribution in [0.2, 0.25) is 0 Å². The summed E-state index contributed by atoms with van der Waals surface area (Å²) in [6, 6.07) is 7.37. The molecule has 1 aliphatic rings. The maximum Gasteiger partial charge on any atom is 0.317 e. The Morgan fingerprint density at radius 2 is 1.91 bits per heavy atom. The number of piperazine rings is 1. The van der Waals surface area contributed by atoms with Crippen molar-refractivity contribution in [3.8, 4) is 0 Å². The van der Waals surface area contributed by atoms with E-state index in [2.05, 4.69) is 10.3 Å². The number of rotatable bonds is 3. The predicted molar refractivity (Wildman–Crippen MR) is 88.3 cm³/mol. The number of urea groups is 1. The van der Waals surface area contributed by atoms with Crippen molar-refractivity contribution in [1.29, 1.82) is 0 Å². The number of amides is 3. The van der Waals surface area contributed by atoms with Crippen LogP contribution in [-0.4, -0.2) is 52.9 Å². The van der Waals surface area contributed by atoms with Crippen molar-refractivity contribution < 1.29 is 9.59 Å². The molecule has 0 aliphatic carbocycles. The summed E-state index contributed by atoms with van der Waals surface area (Å²) in [6.45, 7) is 2.70. The van der Waals surface area contributed by atoms with Crippen LogP contribution >= 0.6 is 11.3 Å². The molecule has 0 atom stereocenters. The Balaban J connectivity index is 1.47. The van der Waals surface area contributed by atoms with E-state index in [0.717, 1.165) is 10.4 Å². The smallest absolute Gasteiger partial charge is 0.317 e. The van der Waals surface area contributed by atoms with E-state index in [0.29, 0.717) is 32.7 Å². The first-order valence-electron chi connectivity index (χ1n) is 7.48. The third-order valence-electron chi connectivity index (χ3n) is 3.75. The first kappa shape index (κ1) is 15.5. The van der Waals surface area contributed by atoms with Gasteiger partial charge in [0.15, 0.2) is 0 Å². The molecule has 7 heteroatoms. The number of hydrogen-bond acceptors (Lipinski definition) is 4. The zero-order valence-corrected chi connectivity index (χ0v) is 13.5. The highest BCUT2D eigenvalue weighted by molar-refractivity contribution is 7.12. The topological polar surface area (TPSA) is 65.5 Å². The summed E-state index contributed by atoms with van der Waals surface area (Å²) in [5, 5.41) is 4.78. The van der Waals surface area contributed by atoms with Gasteiger partial charge in [0.25, 0.3) is 5.91 Å². The average Bonchev–Trinajstić information content (AvgIpc) is 3.15. The van der Waals surface area contributed by atoms with Crippen molar-refractivity contribution in [2.75, 3.05) is 26.2 Å². The Morgan fingerprint density at radius 1 is 1.13 bits per heavy atom. The first-order chi connectivity index (χ1) is 11.2. The lowest BCUT2D eigenvalue weighted by atomic mass is 10.3. The van der Waals surface area contributed by atoms with Crippen molar-refractivity contribution in [2.24, 2.45) is 0 Å². The maximum atomic E-state index is 12.3. The van der Waals surface area contributed by atoms with Gasteiger partial charge in [0, 0.05) is 45.1 Å². The number of carbonyl (C=O) groups is 2. The van der Waals surface area contributed by atoms with E-state index in [4.69, 9.17) is 0 Å². The van der Waals surface area contributed by atoms with E-state index in [1.54, 1.807) is 22.2 Å². The van der Waals surface area contributed by atoms with Crippen LogP contribution in [0.4, 0.5) is 4.79 Å². The molecule has 0 unspecified atom stereocenters. The quantitative estimate of drug-likeness (QED) is 0.933. The summed E-state index contributed by atoms with van der Waals surface area (Å²) >= 11 is 1.45. The van der Waals surface area contributed by atoms with Crippen LogP contribution in [0.25, 0.3) is 0 Å². The van der Waals surface area contributed by atoms with Gasteiger partial charge < -0.3 is 15.1 Å². The molecule has 1 fully saturated rings. The second-order valence-electron chi connectivity index (χ2n) is 5.28. The SMILES string of the molecule is O=C(NCc1cccnc1)N1CCN(C(=O)c2cccs2)CC1. The van der Waals surface area contributed by atoms with Crippen molar-refractivity contribution in [2.45, 2.75) is 6.54 Å². The van der Waals surface area contributed by atoms with Gasteiger partial charge in [0.2, 0.25) is 0 Å². The van der Waals surface area contributed by atoms with E-state index >= 15 is 0 Å². The summed E-state index contributed by atoms with van der Waals surface area (Å²) in [5.41, 5.74) is 0.965. The monoisotopic (exact) mass is 330 g/mol. The zero-order chi connectivity index (χ0) is 16.1. The zero-order valence-electron chi connectivity index (χ0n) is 12.6. The second kappa shape index (κ2) is 7.23. The number of aromatic nitrogens is 1. The van der Waals surface area contributed by atoms with Crippen molar-refractivity contribution in [3.05, 3.63) is 52.5 Å². The molecule has 2 aromatic heterocycles. The number of thiophene rings is 1. The number of nitrogens with one attached hydrogen (secondary N) is 1. The van der Waals surface area contributed by atoms with Crippen LogP contribution in [0.1, 0.15) is 15.2 Å². The van der Waals surface area contributed by atoms with Crippen LogP contribution in [0.5, 0.6) is 0 Å². The van der Waals surface area contributed by atoms with Crippen LogP contribution in [-0.2, 0) is 6.54 Å². The van der Waals surface area contributed by atoms with E-state index in [-0.39, 0.29) is 11.9 Å². The Kier molecular flexibility index (Phi) is 4.87. The van der Waals surface area contributed by atoms with E-state index in [9.17, 15) is 9.59 Å². The highest BCUT2D eigenvalue weighted by Crippen LogP contribution is 2.13. The van der Waals surface area contributed by atoms with Crippen molar-refractivity contribution >= 4 is 23.3 Å². The summed E-state index contributed by atoms with van der Waals surface area (Å²) in [7, 11) is 0. The van der Waals surface area contributed by atoms with Gasteiger partial charge in [-0.25, -0.2) is 4.79 Å². The Bertz CT molecular complexity index is 652. The molecule has 2 aromatic rings. The number of pyridine rings is 1. The minimum Gasteiger partial charge on any atom is -0.334 e. The highest BCUT2D eigenvalue weighted by Gasteiger charge is 2.25. The van der Waals surface area contributed by atoms with E-state index in [1.165, 1.54) is 11.3 Å². The first-order valence-corrected chi connectivity index (χ1v) is 8.36. The Morgan fingerprint density at radius 3 is 2.57 bits per heavy atom. The van der Waals surface area contributed by atoms with Crippen molar-refractivity contribution in [3.63, 3.8) is 0 Å². The summed E-state index contributed by atoms with van der Waals surface area (Å²) < 4.78 is 0. The third kappa shape index (κ3) is 3.87. The standard InChI is InChI=1S/C16H18N4O2S/c21-15(14-4-2-10-23-14)19-6-8-20(9-7-19)16(22)18-12-13-3-1-5-17-11-13/h1-5,10-11H,6-9,12H2,(H,18,22). The van der Waals surface area contributed by atoms with E-state index in [1.807, 2.05) is 29.6 Å². The molecule has 3 heterocycles. The van der Waals surface area contributed by atoms with Gasteiger partial charge in [-0.2, -0.15) is 0 Å². The molecular weight excluding hydrogens is 312 g/mol. The molecule has 1 N–H and O–H groups in total. The van der Waals surface area contributed by atoms with Gasteiger partial charge in [-0.3, -0.25) is 9.78 Å². The van der Waals surface area contributed by atoms with Gasteiger partial charge in [-0.05, 0) is 23.1 Å². The molecule has 3 rings (SSSR count). The molecule has 0 aromatic carbocycles. The molecule has 3 amide bonds. The summed E-state index contributed by atoms with van der Waals surface area (Å²) in [4.78, 5) is 32.7. The Labute approximate surface area is 138 Å². The largest absolute Gasteiger partial charge is 0.334 e. The second-order valence-corrected chi connectivity index (χ2v) is 6.22. The third-order valence-corrected chi connectivity index (χ3v) is 4.61. The molecule has 0 saturated carbocycles. The van der Waals surface area contributed by atoms with E-state index < -0.39 is 0 Å². The van der Waals surface area contributed by atoms with Gasteiger partial charge >= 0.3 is 6.03 Å². The molecule has 1 saturated heterocycles. The fraction of sp³-hybridized carbons (Fsp3) is 0.312. The van der Waals surface area contributed by atoms with Crippen LogP contribution < -0.4 is 5.32 Å². The molecule has 0 bridgehead atoms. The van der Waals surface area contributed by atoms with Gasteiger partial charge in [-0.15, -0.1) is 11.3 Å². The summed E-state index contributed by atoms with van der Waals surface area (Å²) in [5.74, 6) is 0.0513. The van der Waals surface area contributed by atoms with Crippen LogP contribution in [0.3, 0.4) is 0 Å². The van der Waals surface area contributed by atoms with Crippen LogP contribution in [0.15, 0.2) is 42.0 Å². The minimum absolute atomic E-state index is 0.0513. The molecule has 23 heavy (non-hydrogen) atoms. The lowest BCUT2D eigenvalue weighted by molar-refractivity contribution is 0.0669. The lowest BCUT2D eigenvalue weighted by Crippen LogP contribution is -2.53. The molecule has 0 spiro atoms.